The fourth-order valence-corrected chi connectivity index (χ4v) is 2.16. The second kappa shape index (κ2) is 5.75. The molecule has 6 nitrogen and oxygen atoms in total. The molecule has 1 aliphatic heterocycles. The van der Waals surface area contributed by atoms with E-state index in [0.717, 1.165) is 31.9 Å². The quantitative estimate of drug-likeness (QED) is 0.882. The maximum absolute atomic E-state index is 11.8. The number of hydrogen-bond donors (Lipinski definition) is 2. The van der Waals surface area contributed by atoms with Gasteiger partial charge < -0.3 is 20.0 Å². The molecule has 0 unspecified atom stereocenters. The highest BCUT2D eigenvalue weighted by Crippen LogP contribution is 2.16. The molecular weight excluding hydrogens is 256 g/mol. The van der Waals surface area contributed by atoms with Crippen molar-refractivity contribution in [1.82, 2.24) is 10.3 Å². The highest BCUT2D eigenvalue weighted by molar-refractivity contribution is 6.01. The summed E-state index contributed by atoms with van der Waals surface area (Å²) in [4.78, 5) is 18.3. The van der Waals surface area contributed by atoms with Crippen LogP contribution < -0.4 is 15.5 Å². The third-order valence-electron chi connectivity index (χ3n) is 3.22. The third-order valence-corrected chi connectivity index (χ3v) is 3.22. The van der Waals surface area contributed by atoms with Gasteiger partial charge in [0.05, 0.1) is 18.1 Å². The van der Waals surface area contributed by atoms with Crippen LogP contribution >= 0.6 is 0 Å². The van der Waals surface area contributed by atoms with Crippen LogP contribution in [0.1, 0.15) is 10.6 Å². The van der Waals surface area contributed by atoms with Crippen LogP contribution in [0.4, 0.5) is 11.5 Å². The molecule has 0 saturated carbocycles. The highest BCUT2D eigenvalue weighted by Gasteiger charge is 2.12. The van der Waals surface area contributed by atoms with Crippen LogP contribution in [0.15, 0.2) is 41.1 Å². The van der Waals surface area contributed by atoms with Crippen molar-refractivity contribution < 1.29 is 9.21 Å². The van der Waals surface area contributed by atoms with E-state index in [9.17, 15) is 4.79 Å². The summed E-state index contributed by atoms with van der Waals surface area (Å²) in [7, 11) is 0. The van der Waals surface area contributed by atoms with Gasteiger partial charge in [0.1, 0.15) is 5.82 Å². The molecule has 0 atom stereocenters. The lowest BCUT2D eigenvalue weighted by Crippen LogP contribution is -2.43. The molecule has 1 amide bonds. The van der Waals surface area contributed by atoms with Gasteiger partial charge in [-0.2, -0.15) is 0 Å². The Morgan fingerprint density at radius 2 is 2.15 bits per heavy atom. The minimum atomic E-state index is -0.294. The maximum Gasteiger partial charge on any atom is 0.292 e. The average molecular weight is 272 g/mol. The van der Waals surface area contributed by atoms with Crippen LogP contribution in [-0.4, -0.2) is 37.1 Å². The molecule has 2 N–H and O–H groups in total. The summed E-state index contributed by atoms with van der Waals surface area (Å²) in [6, 6.07) is 7.06. The van der Waals surface area contributed by atoms with Crippen molar-refractivity contribution in [2.75, 3.05) is 36.4 Å². The number of furan rings is 1. The molecular formula is C14H16N4O2. The molecule has 3 rings (SSSR count). The first kappa shape index (κ1) is 12.7. The van der Waals surface area contributed by atoms with Gasteiger partial charge in [0, 0.05) is 26.2 Å². The van der Waals surface area contributed by atoms with Gasteiger partial charge in [-0.15, -0.1) is 0 Å². The number of rotatable bonds is 3. The molecule has 20 heavy (non-hydrogen) atoms. The lowest BCUT2D eigenvalue weighted by Gasteiger charge is -2.29. The zero-order chi connectivity index (χ0) is 13.8. The van der Waals surface area contributed by atoms with E-state index in [2.05, 4.69) is 20.5 Å². The lowest BCUT2D eigenvalue weighted by atomic mass is 10.3. The van der Waals surface area contributed by atoms with Crippen molar-refractivity contribution in [2.45, 2.75) is 0 Å². The van der Waals surface area contributed by atoms with Crippen molar-refractivity contribution in [2.24, 2.45) is 0 Å². The van der Waals surface area contributed by atoms with Crippen LogP contribution in [0.3, 0.4) is 0 Å². The Morgan fingerprint density at radius 3 is 2.80 bits per heavy atom. The summed E-state index contributed by atoms with van der Waals surface area (Å²) in [5.74, 6) is 0.501. The van der Waals surface area contributed by atoms with E-state index in [1.807, 2.05) is 6.07 Å². The average Bonchev–Trinajstić information content (AvgIpc) is 3.03. The number of carbonyl (C=O) groups is 1. The molecule has 3 heterocycles. The molecule has 0 bridgehead atoms. The van der Waals surface area contributed by atoms with E-state index < -0.39 is 0 Å². The van der Waals surface area contributed by atoms with Crippen molar-refractivity contribution in [3.05, 3.63) is 42.5 Å². The molecule has 0 radical (unpaired) electrons. The molecule has 1 aliphatic rings. The Hall–Kier alpha value is -2.34. The third kappa shape index (κ3) is 2.80. The Kier molecular flexibility index (Phi) is 3.64. The monoisotopic (exact) mass is 272 g/mol. The predicted molar refractivity (Wildman–Crippen MR) is 76.0 cm³/mol. The number of carbonyl (C=O) groups excluding carboxylic acids is 1. The van der Waals surface area contributed by atoms with Gasteiger partial charge in [-0.1, -0.05) is 0 Å². The van der Waals surface area contributed by atoms with Crippen molar-refractivity contribution in [3.8, 4) is 0 Å². The van der Waals surface area contributed by atoms with Gasteiger partial charge in [-0.05, 0) is 24.3 Å². The minimum Gasteiger partial charge on any atom is -0.459 e. The summed E-state index contributed by atoms with van der Waals surface area (Å²) in [6.45, 7) is 3.91. The Morgan fingerprint density at radius 1 is 1.30 bits per heavy atom. The number of nitrogens with zero attached hydrogens (tertiary/aromatic N) is 2. The normalized spacial score (nSPS) is 15.1. The number of amides is 1. The second-order valence-electron chi connectivity index (χ2n) is 4.57. The first-order valence-electron chi connectivity index (χ1n) is 6.59. The van der Waals surface area contributed by atoms with E-state index in [4.69, 9.17) is 4.42 Å². The van der Waals surface area contributed by atoms with E-state index >= 15 is 0 Å². The summed E-state index contributed by atoms with van der Waals surface area (Å²) >= 11 is 0. The van der Waals surface area contributed by atoms with E-state index in [-0.39, 0.29) is 11.7 Å². The number of nitrogens with one attached hydrogen (secondary N) is 2. The van der Waals surface area contributed by atoms with E-state index in [1.165, 1.54) is 6.26 Å². The SMILES string of the molecule is O=C(Nc1ccc(N2CCNCC2)cn1)c1ccco1. The van der Waals surface area contributed by atoms with Gasteiger partial charge in [-0.3, -0.25) is 4.79 Å². The van der Waals surface area contributed by atoms with Crippen LogP contribution in [-0.2, 0) is 0 Å². The van der Waals surface area contributed by atoms with Crippen molar-refractivity contribution in [1.29, 1.82) is 0 Å². The Labute approximate surface area is 116 Å². The molecule has 0 aliphatic carbocycles. The van der Waals surface area contributed by atoms with E-state index in [0.29, 0.717) is 5.82 Å². The Bertz CT molecular complexity index is 559. The van der Waals surface area contributed by atoms with Crippen LogP contribution in [0.5, 0.6) is 0 Å². The predicted octanol–water partition coefficient (Wildman–Crippen LogP) is 1.34. The minimum absolute atomic E-state index is 0.276. The molecule has 1 fully saturated rings. The number of hydrogen-bond acceptors (Lipinski definition) is 5. The topological polar surface area (TPSA) is 70.4 Å². The molecule has 104 valence electrons. The van der Waals surface area contributed by atoms with Gasteiger partial charge in [0.15, 0.2) is 5.76 Å². The van der Waals surface area contributed by atoms with Crippen molar-refractivity contribution in [3.63, 3.8) is 0 Å². The van der Waals surface area contributed by atoms with E-state index in [1.54, 1.807) is 24.4 Å². The fraction of sp³-hybridized carbons (Fsp3) is 0.286. The molecule has 2 aromatic rings. The summed E-state index contributed by atoms with van der Waals surface area (Å²) in [6.07, 6.45) is 3.25. The fourth-order valence-electron chi connectivity index (χ4n) is 2.16. The lowest BCUT2D eigenvalue weighted by molar-refractivity contribution is 0.0996. The summed E-state index contributed by atoms with van der Waals surface area (Å²) in [5, 5.41) is 6.01. The Balaban J connectivity index is 1.65. The zero-order valence-corrected chi connectivity index (χ0v) is 11.0. The standard InChI is InChI=1S/C14H16N4O2/c19-14(12-2-1-9-20-12)17-13-4-3-11(10-16-13)18-7-5-15-6-8-18/h1-4,9-10,15H,5-8H2,(H,16,17,19). The van der Waals surface area contributed by atoms with Crippen LogP contribution in [0.2, 0.25) is 0 Å². The van der Waals surface area contributed by atoms with Crippen LogP contribution in [0, 0.1) is 0 Å². The molecule has 2 aromatic heterocycles. The number of pyridine rings is 1. The number of anilines is 2. The maximum atomic E-state index is 11.8. The van der Waals surface area contributed by atoms with Crippen LogP contribution in [0.25, 0.3) is 0 Å². The van der Waals surface area contributed by atoms with Crippen molar-refractivity contribution >= 4 is 17.4 Å². The number of piperazine rings is 1. The smallest absolute Gasteiger partial charge is 0.292 e. The molecule has 0 aromatic carbocycles. The molecule has 1 saturated heterocycles. The second-order valence-corrected chi connectivity index (χ2v) is 4.57. The first-order valence-corrected chi connectivity index (χ1v) is 6.59. The largest absolute Gasteiger partial charge is 0.459 e. The van der Waals surface area contributed by atoms with Gasteiger partial charge in [-0.25, -0.2) is 4.98 Å². The summed E-state index contributed by atoms with van der Waals surface area (Å²) in [5.41, 5.74) is 1.07. The first-order chi connectivity index (χ1) is 9.83. The zero-order valence-electron chi connectivity index (χ0n) is 11.0. The number of aromatic nitrogens is 1. The van der Waals surface area contributed by atoms with Gasteiger partial charge >= 0.3 is 0 Å². The molecule has 6 heteroatoms. The molecule has 0 spiro atoms. The van der Waals surface area contributed by atoms with Gasteiger partial charge in [0.25, 0.3) is 5.91 Å². The highest BCUT2D eigenvalue weighted by atomic mass is 16.3. The summed E-state index contributed by atoms with van der Waals surface area (Å²) < 4.78 is 5.03. The van der Waals surface area contributed by atoms with Gasteiger partial charge in [0.2, 0.25) is 0 Å².